The summed E-state index contributed by atoms with van der Waals surface area (Å²) in [4.78, 5) is 36.9. The van der Waals surface area contributed by atoms with Crippen molar-refractivity contribution in [1.29, 1.82) is 0 Å². The number of carbonyl (C=O) groups is 2. The van der Waals surface area contributed by atoms with E-state index in [-0.39, 0.29) is 31.6 Å². The number of hydrogen-bond donors (Lipinski definition) is 0. The van der Waals surface area contributed by atoms with Gasteiger partial charge in [0.2, 0.25) is 5.91 Å². The molecule has 8 nitrogen and oxygen atoms in total. The highest BCUT2D eigenvalue weighted by molar-refractivity contribution is 6.31. The summed E-state index contributed by atoms with van der Waals surface area (Å²) in [7, 11) is 1.55. The van der Waals surface area contributed by atoms with Gasteiger partial charge in [0, 0.05) is 37.7 Å². The first kappa shape index (κ1) is 24.9. The monoisotopic (exact) mass is 478 g/mol. The Labute approximate surface area is 197 Å². The number of rotatable bonds is 4. The van der Waals surface area contributed by atoms with Crippen LogP contribution in [-0.2, 0) is 14.3 Å². The predicted octanol–water partition coefficient (Wildman–Crippen LogP) is 4.09. The van der Waals surface area contributed by atoms with Gasteiger partial charge in [-0.25, -0.2) is 19.2 Å². The topological polar surface area (TPSA) is 84.9 Å². The van der Waals surface area contributed by atoms with Crippen molar-refractivity contribution in [3.63, 3.8) is 0 Å². The molecule has 2 atom stereocenters. The number of benzene rings is 1. The zero-order valence-corrected chi connectivity index (χ0v) is 20.1. The first-order valence-corrected chi connectivity index (χ1v) is 10.9. The van der Waals surface area contributed by atoms with E-state index >= 15 is 0 Å². The summed E-state index contributed by atoms with van der Waals surface area (Å²) in [5, 5.41) is 0.404. The van der Waals surface area contributed by atoms with Crippen LogP contribution < -0.4 is 0 Å². The van der Waals surface area contributed by atoms with Crippen molar-refractivity contribution in [1.82, 2.24) is 19.8 Å². The Balaban J connectivity index is 2.00. The maximum absolute atomic E-state index is 13.3. The molecular weight excluding hydrogens is 451 g/mol. The molecule has 2 heterocycles. The summed E-state index contributed by atoms with van der Waals surface area (Å²) in [6.45, 7) is 7.57. The fraction of sp³-hybridized carbons (Fsp3) is 0.478. The smallest absolute Gasteiger partial charge is 0.410 e. The van der Waals surface area contributed by atoms with Crippen LogP contribution in [0.3, 0.4) is 0 Å². The molecule has 3 rings (SSSR count). The van der Waals surface area contributed by atoms with Gasteiger partial charge in [0.15, 0.2) is 11.6 Å². The highest BCUT2D eigenvalue weighted by Crippen LogP contribution is 2.33. The number of methoxy groups -OCH3 is 1. The van der Waals surface area contributed by atoms with Crippen molar-refractivity contribution in [2.45, 2.75) is 45.4 Å². The van der Waals surface area contributed by atoms with Crippen LogP contribution in [0.25, 0.3) is 11.4 Å². The van der Waals surface area contributed by atoms with Gasteiger partial charge in [-0.15, -0.1) is 0 Å². The van der Waals surface area contributed by atoms with E-state index in [9.17, 15) is 14.0 Å². The average molecular weight is 479 g/mol. The molecule has 1 aliphatic heterocycles. The third-order valence-corrected chi connectivity index (χ3v) is 5.39. The lowest BCUT2D eigenvalue weighted by Gasteiger charge is -2.46. The number of hydrogen-bond acceptors (Lipinski definition) is 6. The molecule has 0 radical (unpaired) electrons. The number of piperazine rings is 1. The molecule has 1 aromatic heterocycles. The van der Waals surface area contributed by atoms with Crippen LogP contribution >= 0.6 is 11.6 Å². The molecule has 0 bridgehead atoms. The minimum absolute atomic E-state index is 0.149. The molecule has 1 aliphatic rings. The zero-order chi connectivity index (χ0) is 24.3. The highest BCUT2D eigenvalue weighted by atomic mass is 35.5. The fourth-order valence-corrected chi connectivity index (χ4v) is 4.04. The van der Waals surface area contributed by atoms with Crippen LogP contribution in [0.15, 0.2) is 30.6 Å². The summed E-state index contributed by atoms with van der Waals surface area (Å²) in [5.41, 5.74) is 0.597. The molecule has 2 amide bonds. The van der Waals surface area contributed by atoms with Gasteiger partial charge in [0.1, 0.15) is 5.60 Å². The van der Waals surface area contributed by atoms with E-state index in [1.165, 1.54) is 6.92 Å². The van der Waals surface area contributed by atoms with Crippen molar-refractivity contribution in [2.24, 2.45) is 0 Å². The van der Waals surface area contributed by atoms with Crippen molar-refractivity contribution >= 4 is 23.6 Å². The Morgan fingerprint density at radius 1 is 1.15 bits per heavy atom. The van der Waals surface area contributed by atoms with Crippen LogP contribution in [0, 0.1) is 5.82 Å². The predicted molar refractivity (Wildman–Crippen MR) is 121 cm³/mol. The van der Waals surface area contributed by atoms with Gasteiger partial charge in [-0.05, 0) is 44.5 Å². The Morgan fingerprint density at radius 2 is 1.82 bits per heavy atom. The lowest BCUT2D eigenvalue weighted by atomic mass is 9.97. The van der Waals surface area contributed by atoms with Crippen LogP contribution in [-0.4, -0.2) is 70.2 Å². The minimum atomic E-state index is -0.676. The Hall–Kier alpha value is -2.78. The SMILES string of the molecule is COC[C@H]1CN(C(C)=O)[C@H](c2cc(Cl)cc(-c3ncc(F)cn3)c2)CN1C(=O)OC(C)(C)C. The molecule has 0 aliphatic carbocycles. The van der Waals surface area contributed by atoms with Gasteiger partial charge in [0.25, 0.3) is 0 Å². The summed E-state index contributed by atoms with van der Waals surface area (Å²) in [5.74, 6) is -0.399. The van der Waals surface area contributed by atoms with E-state index in [1.807, 2.05) is 0 Å². The molecule has 1 saturated heterocycles. The van der Waals surface area contributed by atoms with Crippen molar-refractivity contribution in [2.75, 3.05) is 26.8 Å². The second-order valence-corrected chi connectivity index (χ2v) is 9.36. The molecule has 33 heavy (non-hydrogen) atoms. The molecule has 0 saturated carbocycles. The van der Waals surface area contributed by atoms with Crippen molar-refractivity contribution in [3.8, 4) is 11.4 Å². The second kappa shape index (κ2) is 10.0. The summed E-state index contributed by atoms with van der Waals surface area (Å²) < 4.78 is 24.2. The third-order valence-electron chi connectivity index (χ3n) is 5.17. The maximum Gasteiger partial charge on any atom is 0.410 e. The Kier molecular flexibility index (Phi) is 7.54. The first-order valence-electron chi connectivity index (χ1n) is 10.5. The molecule has 1 fully saturated rings. The lowest BCUT2D eigenvalue weighted by molar-refractivity contribution is -0.136. The number of carbonyl (C=O) groups excluding carboxylic acids is 2. The molecule has 0 unspecified atom stereocenters. The number of ether oxygens (including phenoxy) is 2. The van der Waals surface area contributed by atoms with Gasteiger partial charge in [-0.2, -0.15) is 0 Å². The zero-order valence-electron chi connectivity index (χ0n) is 19.3. The van der Waals surface area contributed by atoms with E-state index in [0.29, 0.717) is 22.0 Å². The molecule has 10 heteroatoms. The van der Waals surface area contributed by atoms with Crippen LogP contribution in [0.4, 0.5) is 9.18 Å². The molecular formula is C23H28ClFN4O4. The summed E-state index contributed by atoms with van der Waals surface area (Å²) in [6, 6.07) is 4.34. The average Bonchev–Trinajstić information content (AvgIpc) is 2.72. The number of halogens is 2. The molecule has 178 valence electrons. The van der Waals surface area contributed by atoms with E-state index in [1.54, 1.807) is 55.9 Å². The van der Waals surface area contributed by atoms with Gasteiger partial charge in [0.05, 0.1) is 31.1 Å². The molecule has 0 N–H and O–H groups in total. The third kappa shape index (κ3) is 6.17. The number of nitrogens with zero attached hydrogens (tertiary/aromatic N) is 4. The normalized spacial score (nSPS) is 18.9. The fourth-order valence-electron chi connectivity index (χ4n) is 3.79. The molecule has 2 aromatic rings. The molecule has 1 aromatic carbocycles. The first-order chi connectivity index (χ1) is 15.5. The van der Waals surface area contributed by atoms with Gasteiger partial charge in [-0.3, -0.25) is 9.69 Å². The molecule has 0 spiro atoms. The second-order valence-electron chi connectivity index (χ2n) is 8.93. The van der Waals surface area contributed by atoms with Gasteiger partial charge < -0.3 is 14.4 Å². The summed E-state index contributed by atoms with van der Waals surface area (Å²) >= 11 is 6.38. The van der Waals surface area contributed by atoms with Crippen LogP contribution in [0.1, 0.15) is 39.3 Å². The van der Waals surface area contributed by atoms with Crippen molar-refractivity contribution in [3.05, 3.63) is 47.0 Å². The van der Waals surface area contributed by atoms with Gasteiger partial charge >= 0.3 is 6.09 Å². The van der Waals surface area contributed by atoms with Crippen LogP contribution in [0.2, 0.25) is 5.02 Å². The minimum Gasteiger partial charge on any atom is -0.444 e. The van der Waals surface area contributed by atoms with E-state index in [2.05, 4.69) is 9.97 Å². The maximum atomic E-state index is 13.3. The van der Waals surface area contributed by atoms with E-state index in [0.717, 1.165) is 12.4 Å². The Morgan fingerprint density at radius 3 is 2.39 bits per heavy atom. The summed E-state index contributed by atoms with van der Waals surface area (Å²) in [6.07, 6.45) is 1.66. The Bertz CT molecular complexity index is 1010. The van der Waals surface area contributed by atoms with E-state index < -0.39 is 23.6 Å². The van der Waals surface area contributed by atoms with Crippen LogP contribution in [0.5, 0.6) is 0 Å². The van der Waals surface area contributed by atoms with Crippen molar-refractivity contribution < 1.29 is 23.5 Å². The number of aromatic nitrogens is 2. The lowest BCUT2D eigenvalue weighted by Crippen LogP contribution is -2.59. The number of amides is 2. The van der Waals surface area contributed by atoms with Gasteiger partial charge in [-0.1, -0.05) is 11.6 Å². The largest absolute Gasteiger partial charge is 0.444 e. The van der Waals surface area contributed by atoms with E-state index in [4.69, 9.17) is 21.1 Å². The highest BCUT2D eigenvalue weighted by Gasteiger charge is 2.40. The quantitative estimate of drug-likeness (QED) is 0.658. The standard InChI is InChI=1S/C23H28ClFN4O4/c1-14(30)28-11-19(13-32-5)29(22(31)33-23(2,3)4)12-20(28)15-6-16(8-17(24)7-15)21-26-9-18(25)10-27-21/h6-10,19-20H,11-13H2,1-5H3/t19-,20+/m1/s1.